The molecule has 0 aliphatic carbocycles. The average molecular weight is 338 g/mol. The second-order valence-corrected chi connectivity index (χ2v) is 5.15. The van der Waals surface area contributed by atoms with Crippen molar-refractivity contribution < 1.29 is 9.47 Å². The molecule has 1 aromatic heterocycles. The van der Waals surface area contributed by atoms with E-state index in [4.69, 9.17) is 9.47 Å². The molecule has 0 atom stereocenters. The number of pyridine rings is 1. The Morgan fingerprint density at radius 1 is 1.20 bits per heavy atom. The van der Waals surface area contributed by atoms with Gasteiger partial charge in [0.1, 0.15) is 12.4 Å². The highest BCUT2D eigenvalue weighted by molar-refractivity contribution is 9.10. The van der Waals surface area contributed by atoms with Crippen LogP contribution in [0.25, 0.3) is 11.3 Å². The lowest BCUT2D eigenvalue weighted by Gasteiger charge is -2.12. The molecule has 4 nitrogen and oxygen atoms in total. The topological polar surface area (TPSA) is 40.5 Å². The van der Waals surface area contributed by atoms with Crippen LogP contribution in [0.2, 0.25) is 0 Å². The first-order valence-corrected chi connectivity index (χ1v) is 7.00. The van der Waals surface area contributed by atoms with E-state index in [-0.39, 0.29) is 5.56 Å². The minimum atomic E-state index is -0.0326. The Hall–Kier alpha value is -1.59. The summed E-state index contributed by atoms with van der Waals surface area (Å²) in [5.41, 5.74) is 1.77. The molecule has 1 heterocycles. The van der Waals surface area contributed by atoms with Gasteiger partial charge in [0, 0.05) is 30.3 Å². The second-order valence-electron chi connectivity index (χ2n) is 4.29. The first-order chi connectivity index (χ1) is 9.63. The molecule has 0 amide bonds. The number of rotatable bonds is 5. The highest BCUT2D eigenvalue weighted by Crippen LogP contribution is 2.30. The van der Waals surface area contributed by atoms with Crippen molar-refractivity contribution in [2.75, 3.05) is 20.3 Å². The molecule has 0 unspecified atom stereocenters. The largest absolute Gasteiger partial charge is 0.491 e. The van der Waals surface area contributed by atoms with Crippen molar-refractivity contribution in [2.24, 2.45) is 7.05 Å². The third-order valence-electron chi connectivity index (χ3n) is 2.96. The summed E-state index contributed by atoms with van der Waals surface area (Å²) >= 11 is 3.52. The van der Waals surface area contributed by atoms with Crippen LogP contribution in [0.15, 0.2) is 45.7 Å². The summed E-state index contributed by atoms with van der Waals surface area (Å²) < 4.78 is 13.0. The predicted molar refractivity (Wildman–Crippen MR) is 82.2 cm³/mol. The molecule has 0 N–H and O–H groups in total. The van der Waals surface area contributed by atoms with E-state index in [1.54, 1.807) is 30.9 Å². The van der Waals surface area contributed by atoms with Crippen molar-refractivity contribution in [3.05, 3.63) is 51.2 Å². The molecular formula is C15H16BrNO3. The molecule has 0 saturated heterocycles. The van der Waals surface area contributed by atoms with Crippen LogP contribution in [-0.2, 0) is 11.8 Å². The zero-order valence-corrected chi connectivity index (χ0v) is 13.0. The van der Waals surface area contributed by atoms with Crippen LogP contribution >= 0.6 is 15.9 Å². The maximum Gasteiger partial charge on any atom is 0.250 e. The van der Waals surface area contributed by atoms with Gasteiger partial charge in [0.05, 0.1) is 12.3 Å². The molecule has 0 bridgehead atoms. The fourth-order valence-corrected chi connectivity index (χ4v) is 2.43. The quantitative estimate of drug-likeness (QED) is 0.787. The van der Waals surface area contributed by atoms with Crippen LogP contribution in [0.3, 0.4) is 0 Å². The van der Waals surface area contributed by atoms with Gasteiger partial charge < -0.3 is 14.0 Å². The first kappa shape index (κ1) is 14.8. The Balaban J connectivity index is 2.30. The van der Waals surface area contributed by atoms with Crippen LogP contribution in [0.4, 0.5) is 0 Å². The summed E-state index contributed by atoms with van der Waals surface area (Å²) in [6.45, 7) is 1.05. The lowest BCUT2D eigenvalue weighted by atomic mass is 10.1. The SMILES string of the molecule is COCCOc1ccc(-c2cccc(=O)n2C)c(Br)c1. The Kier molecular flexibility index (Phi) is 4.98. The molecule has 20 heavy (non-hydrogen) atoms. The summed E-state index contributed by atoms with van der Waals surface area (Å²) in [6.07, 6.45) is 0. The summed E-state index contributed by atoms with van der Waals surface area (Å²) in [6, 6.07) is 10.9. The molecule has 0 aliphatic rings. The van der Waals surface area contributed by atoms with Crippen molar-refractivity contribution in [1.29, 1.82) is 0 Å². The summed E-state index contributed by atoms with van der Waals surface area (Å²) in [5, 5.41) is 0. The van der Waals surface area contributed by atoms with Crippen LogP contribution in [0.5, 0.6) is 5.75 Å². The van der Waals surface area contributed by atoms with Gasteiger partial charge >= 0.3 is 0 Å². The minimum Gasteiger partial charge on any atom is -0.491 e. The molecule has 0 fully saturated rings. The monoisotopic (exact) mass is 337 g/mol. The number of hydrogen-bond acceptors (Lipinski definition) is 3. The smallest absolute Gasteiger partial charge is 0.250 e. The molecule has 0 aliphatic heterocycles. The molecule has 2 aromatic rings. The van der Waals surface area contributed by atoms with Crippen molar-refractivity contribution in [1.82, 2.24) is 4.57 Å². The third kappa shape index (κ3) is 3.29. The van der Waals surface area contributed by atoms with E-state index >= 15 is 0 Å². The maximum absolute atomic E-state index is 11.7. The third-order valence-corrected chi connectivity index (χ3v) is 3.61. The number of aromatic nitrogens is 1. The number of hydrogen-bond donors (Lipinski definition) is 0. The molecule has 5 heteroatoms. The van der Waals surface area contributed by atoms with Crippen LogP contribution < -0.4 is 10.3 Å². The van der Waals surface area contributed by atoms with Crippen molar-refractivity contribution in [3.63, 3.8) is 0 Å². The van der Waals surface area contributed by atoms with Crippen molar-refractivity contribution >= 4 is 15.9 Å². The fourth-order valence-electron chi connectivity index (χ4n) is 1.87. The Bertz CT molecular complexity index is 652. The van der Waals surface area contributed by atoms with Gasteiger partial charge in [-0.15, -0.1) is 0 Å². The summed E-state index contributed by atoms with van der Waals surface area (Å²) in [7, 11) is 3.39. The maximum atomic E-state index is 11.7. The van der Waals surface area contributed by atoms with E-state index in [2.05, 4.69) is 15.9 Å². The van der Waals surface area contributed by atoms with Gasteiger partial charge in [-0.05, 0) is 40.2 Å². The standard InChI is InChI=1S/C15H16BrNO3/c1-17-14(4-3-5-15(17)18)12-7-6-11(10-13(12)16)20-9-8-19-2/h3-7,10H,8-9H2,1-2H3. The summed E-state index contributed by atoms with van der Waals surface area (Å²) in [5.74, 6) is 0.763. The minimum absolute atomic E-state index is 0.0326. The molecule has 106 valence electrons. The normalized spacial score (nSPS) is 10.6. The van der Waals surface area contributed by atoms with E-state index in [1.807, 2.05) is 24.3 Å². The number of methoxy groups -OCH3 is 1. The Morgan fingerprint density at radius 2 is 2.00 bits per heavy atom. The lowest BCUT2D eigenvalue weighted by molar-refractivity contribution is 0.146. The molecule has 0 saturated carbocycles. The Labute approximate surface area is 126 Å². The Morgan fingerprint density at radius 3 is 2.70 bits per heavy atom. The molecule has 0 radical (unpaired) electrons. The zero-order chi connectivity index (χ0) is 14.5. The second kappa shape index (κ2) is 6.72. The number of ether oxygens (including phenoxy) is 2. The van der Waals surface area contributed by atoms with Gasteiger partial charge in [0.25, 0.3) is 5.56 Å². The van der Waals surface area contributed by atoms with Crippen LogP contribution in [0, 0.1) is 0 Å². The van der Waals surface area contributed by atoms with E-state index in [1.165, 1.54) is 0 Å². The van der Waals surface area contributed by atoms with Gasteiger partial charge in [0.2, 0.25) is 0 Å². The van der Waals surface area contributed by atoms with Gasteiger partial charge in [-0.2, -0.15) is 0 Å². The highest BCUT2D eigenvalue weighted by Gasteiger charge is 2.08. The average Bonchev–Trinajstić information content (AvgIpc) is 2.43. The van der Waals surface area contributed by atoms with E-state index in [9.17, 15) is 4.79 Å². The number of halogens is 1. The van der Waals surface area contributed by atoms with E-state index in [0.29, 0.717) is 13.2 Å². The molecular weight excluding hydrogens is 322 g/mol. The molecule has 2 rings (SSSR count). The fraction of sp³-hybridized carbons (Fsp3) is 0.267. The van der Waals surface area contributed by atoms with Crippen LogP contribution in [0.1, 0.15) is 0 Å². The van der Waals surface area contributed by atoms with E-state index in [0.717, 1.165) is 21.5 Å². The van der Waals surface area contributed by atoms with Gasteiger partial charge in [-0.3, -0.25) is 4.79 Å². The predicted octanol–water partition coefficient (Wildman–Crippen LogP) is 2.84. The summed E-state index contributed by atoms with van der Waals surface area (Å²) in [4.78, 5) is 11.7. The van der Waals surface area contributed by atoms with E-state index < -0.39 is 0 Å². The van der Waals surface area contributed by atoms with Crippen LogP contribution in [-0.4, -0.2) is 24.9 Å². The number of nitrogens with zero attached hydrogens (tertiary/aromatic N) is 1. The lowest BCUT2D eigenvalue weighted by Crippen LogP contribution is -2.16. The molecule has 1 aromatic carbocycles. The highest BCUT2D eigenvalue weighted by atomic mass is 79.9. The first-order valence-electron chi connectivity index (χ1n) is 6.21. The zero-order valence-electron chi connectivity index (χ0n) is 11.4. The van der Waals surface area contributed by atoms with Gasteiger partial charge in [-0.1, -0.05) is 6.07 Å². The van der Waals surface area contributed by atoms with Gasteiger partial charge in [0.15, 0.2) is 0 Å². The number of benzene rings is 1. The molecule has 0 spiro atoms. The van der Waals surface area contributed by atoms with Gasteiger partial charge in [-0.25, -0.2) is 0 Å². The van der Waals surface area contributed by atoms with Crippen molar-refractivity contribution in [2.45, 2.75) is 0 Å². The van der Waals surface area contributed by atoms with Crippen molar-refractivity contribution in [3.8, 4) is 17.0 Å².